The molecule has 58 valence electrons. The van der Waals surface area contributed by atoms with Crippen molar-refractivity contribution in [2.24, 2.45) is 0 Å². The summed E-state index contributed by atoms with van der Waals surface area (Å²) in [6, 6.07) is 3.82. The van der Waals surface area contributed by atoms with Gasteiger partial charge in [-0.05, 0) is 12.1 Å². The maximum atomic E-state index is 10.4. The van der Waals surface area contributed by atoms with E-state index in [4.69, 9.17) is 0 Å². The van der Waals surface area contributed by atoms with Crippen molar-refractivity contribution in [3.8, 4) is 0 Å². The number of aldehydes is 1. The summed E-state index contributed by atoms with van der Waals surface area (Å²) in [5.41, 5.74) is 0.981. The molecule has 0 fully saturated rings. The Hall–Kier alpha value is -1.31. The van der Waals surface area contributed by atoms with Crippen LogP contribution >= 0.6 is 0 Å². The van der Waals surface area contributed by atoms with E-state index in [9.17, 15) is 4.79 Å². The Bertz CT molecular complexity index is 262. The molecule has 0 radical (unpaired) electrons. The van der Waals surface area contributed by atoms with Crippen molar-refractivity contribution in [3.05, 3.63) is 30.6 Å². The first kappa shape index (κ1) is 7.79. The van der Waals surface area contributed by atoms with Crippen LogP contribution in [0.25, 0.3) is 6.20 Å². The Labute approximate surface area is 66.1 Å². The fourth-order valence-electron chi connectivity index (χ4n) is 1.03. The lowest BCUT2D eigenvalue weighted by Crippen LogP contribution is -1.99. The van der Waals surface area contributed by atoms with E-state index in [1.165, 1.54) is 0 Å². The van der Waals surface area contributed by atoms with Crippen LogP contribution in [0.1, 0.15) is 18.5 Å². The molecular weight excluding hydrogens is 138 g/mol. The van der Waals surface area contributed by atoms with Crippen LogP contribution in [0, 0.1) is 0 Å². The van der Waals surface area contributed by atoms with Crippen molar-refractivity contribution in [1.29, 1.82) is 0 Å². The van der Waals surface area contributed by atoms with Gasteiger partial charge in [0.05, 0.1) is 5.92 Å². The van der Waals surface area contributed by atoms with Gasteiger partial charge in [0.15, 0.2) is 0 Å². The number of hydrogen-bond donors (Lipinski definition) is 0. The fourth-order valence-corrected chi connectivity index (χ4v) is 1.03. The van der Waals surface area contributed by atoms with E-state index in [2.05, 4.69) is 6.58 Å². The zero-order valence-electron chi connectivity index (χ0n) is 6.53. The van der Waals surface area contributed by atoms with Gasteiger partial charge in [-0.1, -0.05) is 13.5 Å². The van der Waals surface area contributed by atoms with Crippen LogP contribution in [0.15, 0.2) is 24.9 Å². The number of hydrogen-bond acceptors (Lipinski definition) is 1. The average Bonchev–Trinajstić information content (AvgIpc) is 2.50. The molecule has 11 heavy (non-hydrogen) atoms. The van der Waals surface area contributed by atoms with Crippen molar-refractivity contribution in [1.82, 2.24) is 4.57 Å². The smallest absolute Gasteiger partial charge is 0.128 e. The summed E-state index contributed by atoms with van der Waals surface area (Å²) in [7, 11) is 0. The quantitative estimate of drug-likeness (QED) is 0.601. The summed E-state index contributed by atoms with van der Waals surface area (Å²) < 4.78 is 1.85. The number of aromatic nitrogens is 1. The van der Waals surface area contributed by atoms with Gasteiger partial charge in [-0.3, -0.25) is 0 Å². The van der Waals surface area contributed by atoms with E-state index in [-0.39, 0.29) is 5.92 Å². The maximum absolute atomic E-state index is 10.4. The first-order valence-corrected chi connectivity index (χ1v) is 3.54. The van der Waals surface area contributed by atoms with Crippen LogP contribution in [0.5, 0.6) is 0 Å². The molecule has 0 aliphatic heterocycles. The zero-order chi connectivity index (χ0) is 8.27. The van der Waals surface area contributed by atoms with Crippen molar-refractivity contribution >= 4 is 12.5 Å². The summed E-state index contributed by atoms with van der Waals surface area (Å²) in [6.07, 6.45) is 4.49. The third-order valence-corrected chi connectivity index (χ3v) is 1.68. The van der Waals surface area contributed by atoms with E-state index in [1.54, 1.807) is 6.20 Å². The first-order valence-electron chi connectivity index (χ1n) is 3.54. The molecule has 0 amide bonds. The van der Waals surface area contributed by atoms with Gasteiger partial charge in [-0.25, -0.2) is 0 Å². The lowest BCUT2D eigenvalue weighted by molar-refractivity contribution is -0.108. The first-order chi connectivity index (χ1) is 5.29. The monoisotopic (exact) mass is 149 g/mol. The zero-order valence-corrected chi connectivity index (χ0v) is 6.53. The molecule has 0 aliphatic rings. The predicted molar refractivity (Wildman–Crippen MR) is 45.3 cm³/mol. The number of nitrogens with zero attached hydrogens (tertiary/aromatic N) is 1. The van der Waals surface area contributed by atoms with Crippen molar-refractivity contribution < 1.29 is 4.79 Å². The molecule has 0 saturated heterocycles. The third kappa shape index (κ3) is 1.40. The number of rotatable bonds is 3. The normalized spacial score (nSPS) is 12.5. The number of carbonyl (C=O) groups is 1. The standard InChI is InChI=1S/C9H11NO/c1-3-10-6-4-5-9(10)8(2)7-11/h3-8H,1H2,2H3. The van der Waals surface area contributed by atoms with Crippen LogP contribution in [0.3, 0.4) is 0 Å². The summed E-state index contributed by atoms with van der Waals surface area (Å²) in [5, 5.41) is 0. The highest BCUT2D eigenvalue weighted by Crippen LogP contribution is 2.13. The molecule has 0 aliphatic carbocycles. The SMILES string of the molecule is C=Cn1cccc1C(C)C=O. The fraction of sp³-hybridized carbons (Fsp3) is 0.222. The molecule has 0 spiro atoms. The van der Waals surface area contributed by atoms with Gasteiger partial charge in [-0.2, -0.15) is 0 Å². The van der Waals surface area contributed by atoms with Crippen LogP contribution in [-0.2, 0) is 4.79 Å². The van der Waals surface area contributed by atoms with E-state index in [0.717, 1.165) is 12.0 Å². The summed E-state index contributed by atoms with van der Waals surface area (Å²) >= 11 is 0. The highest BCUT2D eigenvalue weighted by Gasteiger charge is 2.05. The molecule has 0 aromatic carbocycles. The van der Waals surface area contributed by atoms with Gasteiger partial charge in [0, 0.05) is 18.1 Å². The number of carbonyl (C=O) groups excluding carboxylic acids is 1. The minimum atomic E-state index is -0.0528. The summed E-state index contributed by atoms with van der Waals surface area (Å²) in [5.74, 6) is -0.0528. The molecule has 1 rings (SSSR count). The Kier molecular flexibility index (Phi) is 2.26. The molecule has 1 aromatic heterocycles. The molecule has 0 saturated carbocycles. The van der Waals surface area contributed by atoms with E-state index >= 15 is 0 Å². The van der Waals surface area contributed by atoms with Crippen molar-refractivity contribution in [2.45, 2.75) is 12.8 Å². The topological polar surface area (TPSA) is 22.0 Å². The summed E-state index contributed by atoms with van der Waals surface area (Å²) in [6.45, 7) is 5.49. The van der Waals surface area contributed by atoms with E-state index in [0.29, 0.717) is 0 Å². The molecule has 1 heterocycles. The van der Waals surface area contributed by atoms with Gasteiger partial charge in [0.2, 0.25) is 0 Å². The second kappa shape index (κ2) is 3.19. The van der Waals surface area contributed by atoms with Crippen LogP contribution in [-0.4, -0.2) is 10.9 Å². The molecular formula is C9H11NO. The second-order valence-corrected chi connectivity index (χ2v) is 2.45. The molecule has 1 atom stereocenters. The van der Waals surface area contributed by atoms with Crippen molar-refractivity contribution in [3.63, 3.8) is 0 Å². The molecule has 0 bridgehead atoms. The van der Waals surface area contributed by atoms with Gasteiger partial charge in [-0.15, -0.1) is 0 Å². The van der Waals surface area contributed by atoms with Gasteiger partial charge >= 0.3 is 0 Å². The van der Waals surface area contributed by atoms with E-state index < -0.39 is 0 Å². The molecule has 0 N–H and O–H groups in total. The molecule has 1 aromatic rings. The van der Waals surface area contributed by atoms with Gasteiger partial charge < -0.3 is 9.36 Å². The minimum Gasteiger partial charge on any atom is -0.327 e. The highest BCUT2D eigenvalue weighted by molar-refractivity contribution is 5.61. The Morgan fingerprint density at radius 1 is 1.73 bits per heavy atom. The third-order valence-electron chi connectivity index (χ3n) is 1.68. The lowest BCUT2D eigenvalue weighted by Gasteiger charge is -2.04. The lowest BCUT2D eigenvalue weighted by atomic mass is 10.1. The molecule has 2 nitrogen and oxygen atoms in total. The Balaban J connectivity index is 3.00. The van der Waals surface area contributed by atoms with Gasteiger partial charge in [0.1, 0.15) is 6.29 Å². The highest BCUT2D eigenvalue weighted by atomic mass is 16.1. The average molecular weight is 149 g/mol. The second-order valence-electron chi connectivity index (χ2n) is 2.45. The maximum Gasteiger partial charge on any atom is 0.128 e. The van der Waals surface area contributed by atoms with Crippen LogP contribution < -0.4 is 0 Å². The van der Waals surface area contributed by atoms with Crippen LogP contribution in [0.2, 0.25) is 0 Å². The van der Waals surface area contributed by atoms with E-state index in [1.807, 2.05) is 29.8 Å². The molecule has 2 heteroatoms. The minimum absolute atomic E-state index is 0.0528. The largest absolute Gasteiger partial charge is 0.327 e. The Morgan fingerprint density at radius 2 is 2.45 bits per heavy atom. The van der Waals surface area contributed by atoms with Gasteiger partial charge in [0.25, 0.3) is 0 Å². The van der Waals surface area contributed by atoms with Crippen LogP contribution in [0.4, 0.5) is 0 Å². The van der Waals surface area contributed by atoms with Crippen molar-refractivity contribution in [2.75, 3.05) is 0 Å². The predicted octanol–water partition coefficient (Wildman–Crippen LogP) is 1.89. The summed E-state index contributed by atoms with van der Waals surface area (Å²) in [4.78, 5) is 10.4. The molecule has 1 unspecified atom stereocenters. The Morgan fingerprint density at radius 3 is 3.00 bits per heavy atom.